The number of carbonyl (C=O) groups excluding carboxylic acids is 1. The van der Waals surface area contributed by atoms with Gasteiger partial charge in [-0.05, 0) is 31.0 Å². The highest BCUT2D eigenvalue weighted by Crippen LogP contribution is 2.09. The SMILES string of the molecule is CC(C)COC(=O)N1CCCN(CCS(=O)c2ccccc2)CC1. The summed E-state index contributed by atoms with van der Waals surface area (Å²) in [7, 11) is -0.964. The quantitative estimate of drug-likeness (QED) is 0.790. The Morgan fingerprint density at radius 3 is 2.62 bits per heavy atom. The van der Waals surface area contributed by atoms with Crippen molar-refractivity contribution in [2.24, 2.45) is 5.92 Å². The molecule has 0 aromatic heterocycles. The average molecular weight is 353 g/mol. The summed E-state index contributed by atoms with van der Waals surface area (Å²) >= 11 is 0. The summed E-state index contributed by atoms with van der Waals surface area (Å²) < 4.78 is 17.6. The van der Waals surface area contributed by atoms with E-state index in [0.717, 1.165) is 37.5 Å². The minimum Gasteiger partial charge on any atom is -0.449 e. The van der Waals surface area contributed by atoms with Crippen LogP contribution < -0.4 is 0 Å². The zero-order chi connectivity index (χ0) is 17.4. The monoisotopic (exact) mass is 352 g/mol. The van der Waals surface area contributed by atoms with Crippen LogP contribution in [0.3, 0.4) is 0 Å². The first-order chi connectivity index (χ1) is 11.6. The number of rotatable bonds is 6. The highest BCUT2D eigenvalue weighted by molar-refractivity contribution is 7.85. The molecular formula is C18H28N2O3S. The average Bonchev–Trinajstić information content (AvgIpc) is 2.84. The number of hydrogen-bond acceptors (Lipinski definition) is 4. The number of hydrogen-bond donors (Lipinski definition) is 0. The molecule has 1 heterocycles. The van der Waals surface area contributed by atoms with Gasteiger partial charge in [-0.25, -0.2) is 4.79 Å². The Hall–Kier alpha value is -1.40. The molecule has 1 fully saturated rings. The summed E-state index contributed by atoms with van der Waals surface area (Å²) in [6.07, 6.45) is 0.716. The fourth-order valence-corrected chi connectivity index (χ4v) is 3.73. The molecule has 1 aliphatic rings. The van der Waals surface area contributed by atoms with Crippen LogP contribution in [0.1, 0.15) is 20.3 Å². The largest absolute Gasteiger partial charge is 0.449 e. The Bertz CT molecular complexity index is 536. The van der Waals surface area contributed by atoms with Crippen LogP contribution in [-0.2, 0) is 15.5 Å². The molecule has 1 aromatic rings. The van der Waals surface area contributed by atoms with Crippen LogP contribution in [0, 0.1) is 5.92 Å². The molecule has 1 saturated heterocycles. The van der Waals surface area contributed by atoms with E-state index in [0.29, 0.717) is 24.8 Å². The van der Waals surface area contributed by atoms with Gasteiger partial charge in [-0.15, -0.1) is 0 Å². The van der Waals surface area contributed by atoms with Crippen molar-refractivity contribution >= 4 is 16.9 Å². The Morgan fingerprint density at radius 1 is 1.17 bits per heavy atom. The van der Waals surface area contributed by atoms with E-state index in [9.17, 15) is 9.00 Å². The van der Waals surface area contributed by atoms with Crippen molar-refractivity contribution in [1.82, 2.24) is 9.80 Å². The van der Waals surface area contributed by atoms with Crippen LogP contribution in [0.4, 0.5) is 4.79 Å². The van der Waals surface area contributed by atoms with Gasteiger partial charge in [0.2, 0.25) is 0 Å². The topological polar surface area (TPSA) is 49.9 Å². The van der Waals surface area contributed by atoms with E-state index < -0.39 is 10.8 Å². The Morgan fingerprint density at radius 2 is 1.92 bits per heavy atom. The first-order valence-electron chi connectivity index (χ1n) is 8.63. The van der Waals surface area contributed by atoms with Gasteiger partial charge < -0.3 is 14.5 Å². The molecule has 0 aliphatic carbocycles. The fourth-order valence-electron chi connectivity index (χ4n) is 2.61. The lowest BCUT2D eigenvalue weighted by molar-refractivity contribution is 0.0932. The molecule has 1 amide bonds. The van der Waals surface area contributed by atoms with Crippen molar-refractivity contribution in [1.29, 1.82) is 0 Å². The fraction of sp³-hybridized carbons (Fsp3) is 0.611. The highest BCUT2D eigenvalue weighted by Gasteiger charge is 2.20. The number of ether oxygens (including phenoxy) is 1. The van der Waals surface area contributed by atoms with Gasteiger partial charge in [0, 0.05) is 36.8 Å². The zero-order valence-corrected chi connectivity index (χ0v) is 15.5. The third-order valence-electron chi connectivity index (χ3n) is 3.99. The second-order valence-corrected chi connectivity index (χ2v) is 8.09. The van der Waals surface area contributed by atoms with Gasteiger partial charge in [0.05, 0.1) is 17.4 Å². The molecule has 0 radical (unpaired) electrons. The van der Waals surface area contributed by atoms with Crippen molar-refractivity contribution in [3.63, 3.8) is 0 Å². The first kappa shape index (κ1) is 18.9. The van der Waals surface area contributed by atoms with E-state index in [2.05, 4.69) is 4.90 Å². The maximum atomic E-state index is 12.3. The second kappa shape index (κ2) is 9.79. The third-order valence-corrected chi connectivity index (χ3v) is 5.34. The molecule has 0 N–H and O–H groups in total. The lowest BCUT2D eigenvalue weighted by atomic mass is 10.2. The summed E-state index contributed by atoms with van der Waals surface area (Å²) in [4.78, 5) is 17.0. The third kappa shape index (κ3) is 6.24. The minimum absolute atomic E-state index is 0.210. The van der Waals surface area contributed by atoms with Crippen LogP contribution in [-0.4, -0.2) is 65.2 Å². The van der Waals surface area contributed by atoms with Crippen molar-refractivity contribution in [3.05, 3.63) is 30.3 Å². The van der Waals surface area contributed by atoms with Crippen molar-refractivity contribution < 1.29 is 13.7 Å². The molecule has 1 unspecified atom stereocenters. The lowest BCUT2D eigenvalue weighted by Crippen LogP contribution is -2.36. The van der Waals surface area contributed by atoms with Crippen molar-refractivity contribution in [2.75, 3.05) is 45.1 Å². The molecule has 1 aromatic carbocycles. The van der Waals surface area contributed by atoms with E-state index in [1.54, 1.807) is 4.90 Å². The van der Waals surface area contributed by atoms with E-state index in [1.807, 2.05) is 44.2 Å². The minimum atomic E-state index is -0.964. The number of nitrogens with zero attached hydrogens (tertiary/aromatic N) is 2. The van der Waals surface area contributed by atoms with Crippen LogP contribution >= 0.6 is 0 Å². The first-order valence-corrected chi connectivity index (χ1v) is 9.95. The molecule has 0 bridgehead atoms. The summed E-state index contributed by atoms with van der Waals surface area (Å²) in [6.45, 7) is 8.47. The number of amides is 1. The summed E-state index contributed by atoms with van der Waals surface area (Å²) in [5, 5.41) is 0. The molecule has 1 atom stereocenters. The maximum Gasteiger partial charge on any atom is 0.409 e. The predicted octanol–water partition coefficient (Wildman–Crippen LogP) is 2.59. The molecule has 24 heavy (non-hydrogen) atoms. The zero-order valence-electron chi connectivity index (χ0n) is 14.6. The van der Waals surface area contributed by atoms with Crippen LogP contribution in [0.15, 0.2) is 35.2 Å². The Kier molecular flexibility index (Phi) is 7.72. The molecule has 134 valence electrons. The Balaban J connectivity index is 1.75. The molecule has 5 nitrogen and oxygen atoms in total. The molecule has 0 saturated carbocycles. The molecule has 1 aliphatic heterocycles. The summed E-state index contributed by atoms with van der Waals surface area (Å²) in [5.74, 6) is 0.979. The lowest BCUT2D eigenvalue weighted by Gasteiger charge is -2.22. The molecule has 2 rings (SSSR count). The van der Waals surface area contributed by atoms with Crippen LogP contribution in [0.25, 0.3) is 0 Å². The summed E-state index contributed by atoms with van der Waals surface area (Å²) in [6, 6.07) is 9.58. The van der Waals surface area contributed by atoms with Gasteiger partial charge >= 0.3 is 6.09 Å². The Labute approximate surface area is 147 Å². The second-order valence-electron chi connectivity index (χ2n) is 6.52. The van der Waals surface area contributed by atoms with Crippen LogP contribution in [0.2, 0.25) is 0 Å². The molecule has 6 heteroatoms. The molecule has 0 spiro atoms. The van der Waals surface area contributed by atoms with Gasteiger partial charge in [0.15, 0.2) is 0 Å². The van der Waals surface area contributed by atoms with Crippen molar-refractivity contribution in [3.8, 4) is 0 Å². The maximum absolute atomic E-state index is 12.3. The van der Waals surface area contributed by atoms with E-state index in [1.165, 1.54) is 0 Å². The van der Waals surface area contributed by atoms with Gasteiger partial charge in [0.1, 0.15) is 0 Å². The predicted molar refractivity (Wildman–Crippen MR) is 96.5 cm³/mol. The van der Waals surface area contributed by atoms with Gasteiger partial charge in [-0.2, -0.15) is 0 Å². The smallest absolute Gasteiger partial charge is 0.409 e. The number of benzene rings is 1. The molecular weight excluding hydrogens is 324 g/mol. The van der Waals surface area contributed by atoms with E-state index in [4.69, 9.17) is 4.74 Å². The number of carbonyl (C=O) groups is 1. The normalized spacial score (nSPS) is 17.5. The van der Waals surface area contributed by atoms with Gasteiger partial charge in [-0.3, -0.25) is 4.21 Å². The van der Waals surface area contributed by atoms with Gasteiger partial charge in [-0.1, -0.05) is 32.0 Å². The van der Waals surface area contributed by atoms with E-state index >= 15 is 0 Å². The van der Waals surface area contributed by atoms with E-state index in [-0.39, 0.29) is 6.09 Å². The van der Waals surface area contributed by atoms with Crippen LogP contribution in [0.5, 0.6) is 0 Å². The van der Waals surface area contributed by atoms with Crippen molar-refractivity contribution in [2.45, 2.75) is 25.2 Å². The van der Waals surface area contributed by atoms with Gasteiger partial charge in [0.25, 0.3) is 0 Å². The highest BCUT2D eigenvalue weighted by atomic mass is 32.2. The summed E-state index contributed by atoms with van der Waals surface area (Å²) in [5.41, 5.74) is 0. The standard InChI is InChI=1S/C18H28N2O3S/c1-16(2)15-23-18(21)20-10-6-9-19(11-12-20)13-14-24(22)17-7-4-3-5-8-17/h3-5,7-8,16H,6,9-15H2,1-2H3.